The fraction of sp³-hybridized carbons (Fsp3) is 0.533. The predicted molar refractivity (Wildman–Crippen MR) is 94.3 cm³/mol. The van der Waals surface area contributed by atoms with Gasteiger partial charge in [0.1, 0.15) is 34.9 Å². The van der Waals surface area contributed by atoms with Crippen LogP contribution < -0.4 is 51.4 Å². The monoisotopic (exact) mass is 461 g/mol. The molecule has 0 amide bonds. The predicted octanol–water partition coefficient (Wildman–Crippen LogP) is -4.05. The summed E-state index contributed by atoms with van der Waals surface area (Å²) in [5.74, 6) is 0. The van der Waals surface area contributed by atoms with E-state index in [2.05, 4.69) is 9.44 Å². The molecule has 4 N–H and O–H groups in total. The van der Waals surface area contributed by atoms with Crippen LogP contribution in [0.15, 0.2) is 35.5 Å². The minimum Gasteiger partial charge on any atom is -0.714 e. The molecule has 152 valence electrons. The third-order valence-corrected chi connectivity index (χ3v) is 5.23. The molecule has 1 aliphatic heterocycles. The van der Waals surface area contributed by atoms with Crippen LogP contribution in [0.4, 0.5) is 0 Å². The van der Waals surface area contributed by atoms with Gasteiger partial charge in [0, 0.05) is 6.42 Å². The molecule has 10 nitrogen and oxygen atoms in total. The molecule has 0 saturated carbocycles. The van der Waals surface area contributed by atoms with E-state index >= 15 is 0 Å². The second kappa shape index (κ2) is 12.3. The summed E-state index contributed by atoms with van der Waals surface area (Å²) in [6.45, 7) is -0.607. The number of thioether (sulfide) groups is 1. The third kappa shape index (κ3) is 8.26. The van der Waals surface area contributed by atoms with E-state index in [4.69, 9.17) is 4.74 Å². The Balaban J connectivity index is 0.00000392. The Morgan fingerprint density at radius 3 is 2.39 bits per heavy atom. The molecule has 0 aliphatic carbocycles. The Bertz CT molecular complexity index is 732. The quantitative estimate of drug-likeness (QED) is 0.0783. The van der Waals surface area contributed by atoms with Gasteiger partial charge in [0.25, 0.3) is 10.4 Å². The maximum atomic E-state index is 10.7. The summed E-state index contributed by atoms with van der Waals surface area (Å²) in [5.41, 5.74) is -0.266. The zero-order valence-corrected chi connectivity index (χ0v) is 19.7. The minimum absolute atomic E-state index is 0. The summed E-state index contributed by atoms with van der Waals surface area (Å²) in [6, 6.07) is 9.13. The number of hydrogen-bond donors (Lipinski definition) is 4. The largest absolute Gasteiger partial charge is 1.00 e. The van der Waals surface area contributed by atoms with Gasteiger partial charge >= 0.3 is 51.4 Å². The maximum absolute atomic E-state index is 10.7. The van der Waals surface area contributed by atoms with E-state index in [-0.39, 0.29) is 62.8 Å². The van der Waals surface area contributed by atoms with Crippen molar-refractivity contribution >= 4 is 27.2 Å². The molecule has 1 heterocycles. The number of aliphatic hydroxyl groups excluding tert-OH is 4. The summed E-state index contributed by atoms with van der Waals surface area (Å²) in [7, 11) is -5.07. The molecule has 0 bridgehead atoms. The van der Waals surface area contributed by atoms with Gasteiger partial charge in [-0.25, -0.2) is 0 Å². The normalized spacial score (nSPS) is 28.5. The molecular weight excluding hydrogens is 441 g/mol. The Labute approximate surface area is 209 Å². The molecule has 1 fully saturated rings. The minimum atomic E-state index is -5.07. The van der Waals surface area contributed by atoms with Crippen LogP contribution in [0.2, 0.25) is 0 Å². The van der Waals surface area contributed by atoms with E-state index in [1.54, 1.807) is 0 Å². The molecule has 2 rings (SSSR count). The first-order valence-electron chi connectivity index (χ1n) is 7.93. The van der Waals surface area contributed by atoms with Crippen molar-refractivity contribution in [3.05, 3.63) is 35.9 Å². The van der Waals surface area contributed by atoms with Gasteiger partial charge in [-0.2, -0.15) is 8.42 Å². The number of oxime groups is 1. The average molecular weight is 462 g/mol. The second-order valence-corrected chi connectivity index (χ2v) is 7.91. The number of benzene rings is 1. The number of rotatable bonds is 7. The summed E-state index contributed by atoms with van der Waals surface area (Å²) in [4.78, 5) is 0. The van der Waals surface area contributed by atoms with Gasteiger partial charge < -0.3 is 29.7 Å². The zero-order chi connectivity index (χ0) is 20.0. The number of aliphatic hydroxyl groups is 4. The fourth-order valence-electron chi connectivity index (χ4n) is 2.41. The van der Waals surface area contributed by atoms with Crippen molar-refractivity contribution in [1.82, 2.24) is 0 Å². The molecule has 0 unspecified atom stereocenters. The number of aryl methyl sites for hydroxylation is 1. The average Bonchev–Trinajstić information content (AvgIpc) is 2.64. The van der Waals surface area contributed by atoms with Crippen molar-refractivity contribution < 1.29 is 93.8 Å². The van der Waals surface area contributed by atoms with Crippen LogP contribution in [-0.2, 0) is 25.8 Å². The number of hydrogen-bond acceptors (Lipinski definition) is 11. The second-order valence-electron chi connectivity index (χ2n) is 5.77. The van der Waals surface area contributed by atoms with Crippen LogP contribution in [0.3, 0.4) is 0 Å². The van der Waals surface area contributed by atoms with Gasteiger partial charge in [0.15, 0.2) is 0 Å². The molecule has 0 radical (unpaired) electrons. The topological polar surface area (TPSA) is 169 Å². The van der Waals surface area contributed by atoms with Crippen LogP contribution in [0.5, 0.6) is 0 Å². The third-order valence-electron chi connectivity index (χ3n) is 3.80. The molecule has 13 heteroatoms. The molecule has 0 aromatic heterocycles. The Morgan fingerprint density at radius 1 is 1.18 bits per heavy atom. The summed E-state index contributed by atoms with van der Waals surface area (Å²) in [5, 5.41) is 42.2. The van der Waals surface area contributed by atoms with Crippen molar-refractivity contribution in [2.75, 3.05) is 6.61 Å². The van der Waals surface area contributed by atoms with Gasteiger partial charge in [0.05, 0.1) is 6.61 Å². The zero-order valence-electron chi connectivity index (χ0n) is 15.0. The Kier molecular flexibility index (Phi) is 11.6. The van der Waals surface area contributed by atoms with Crippen molar-refractivity contribution in [3.63, 3.8) is 0 Å². The van der Waals surface area contributed by atoms with Gasteiger partial charge in [-0.1, -0.05) is 47.2 Å². The van der Waals surface area contributed by atoms with E-state index in [0.717, 1.165) is 17.3 Å². The van der Waals surface area contributed by atoms with E-state index in [1.165, 1.54) is 0 Å². The van der Waals surface area contributed by atoms with Crippen LogP contribution in [0.1, 0.15) is 12.0 Å². The van der Waals surface area contributed by atoms with Crippen LogP contribution in [0, 0.1) is 0 Å². The number of ether oxygens (including phenoxy) is 1. The molecule has 1 aliphatic rings. The maximum Gasteiger partial charge on any atom is 1.00 e. The van der Waals surface area contributed by atoms with Crippen LogP contribution in [0.25, 0.3) is 0 Å². The molecule has 28 heavy (non-hydrogen) atoms. The van der Waals surface area contributed by atoms with E-state index in [0.29, 0.717) is 6.42 Å². The van der Waals surface area contributed by atoms with Crippen molar-refractivity contribution in [2.24, 2.45) is 5.16 Å². The van der Waals surface area contributed by atoms with Gasteiger partial charge in [0.2, 0.25) is 0 Å². The number of nitrogens with zero attached hydrogens (tertiary/aromatic N) is 1. The summed E-state index contributed by atoms with van der Waals surface area (Å²) in [6.07, 6.45) is -5.21. The van der Waals surface area contributed by atoms with E-state index < -0.39 is 46.9 Å². The Morgan fingerprint density at radius 2 is 1.82 bits per heavy atom. The molecule has 0 spiro atoms. The van der Waals surface area contributed by atoms with Crippen LogP contribution >= 0.6 is 11.8 Å². The van der Waals surface area contributed by atoms with E-state index in [9.17, 15) is 33.4 Å². The van der Waals surface area contributed by atoms with E-state index in [1.807, 2.05) is 30.3 Å². The molecule has 1 aromatic rings. The fourth-order valence-corrected chi connectivity index (χ4v) is 3.70. The van der Waals surface area contributed by atoms with Crippen molar-refractivity contribution in [1.29, 1.82) is 0 Å². The van der Waals surface area contributed by atoms with Gasteiger partial charge in [-0.05, 0) is 12.0 Å². The summed E-state index contributed by atoms with van der Waals surface area (Å²) < 4.78 is 41.3. The van der Waals surface area contributed by atoms with Gasteiger partial charge in [-0.3, -0.25) is 4.28 Å². The first-order chi connectivity index (χ1) is 12.7. The van der Waals surface area contributed by atoms with Gasteiger partial charge in [-0.15, -0.1) is 0 Å². The molecule has 1 aromatic carbocycles. The first kappa shape index (κ1) is 26.4. The molecule has 5 atom stereocenters. The summed E-state index contributed by atoms with van der Waals surface area (Å²) >= 11 is 0.726. The molecular formula is C15H20KNO9S2. The van der Waals surface area contributed by atoms with Crippen molar-refractivity contribution in [3.8, 4) is 0 Å². The van der Waals surface area contributed by atoms with Crippen LogP contribution in [-0.4, -0.2) is 74.9 Å². The van der Waals surface area contributed by atoms with Crippen molar-refractivity contribution in [2.45, 2.75) is 42.7 Å². The SMILES string of the molecule is O=S(=O)([O-])O/N=C(\CCc1ccccc1)S[C@@H]1O[C@H](CO)[C@@H](O)[C@H](O)[C@H]1O.[K+]. The molecule has 1 saturated heterocycles. The standard InChI is InChI=1S/C15H21NO9S2.K/c17-8-10-12(18)13(19)14(20)15(24-10)26-11(16-25-27(21,22)23)7-6-9-4-2-1-3-5-9;/h1-5,10,12-15,17-20H,6-8H2,(H,21,22,23);/q;+1/p-1/b16-11+;/t10-,12-,13+,14-,15+;/m1./s1. The smallest absolute Gasteiger partial charge is 0.714 e. The Hall–Kier alpha value is 0.386. The first-order valence-corrected chi connectivity index (χ1v) is 10.1.